The molecule has 0 saturated heterocycles. The number of fused-ring (bicyclic) bond motifs is 10. The number of carbonyl (C=O) groups excluding carboxylic acids is 1. The number of benzene rings is 4. The molecule has 0 aliphatic heterocycles. The zero-order valence-corrected chi connectivity index (χ0v) is 19.9. The first kappa shape index (κ1) is 19.2. The molecule has 1 heterocycles. The summed E-state index contributed by atoms with van der Waals surface area (Å²) in [6.07, 6.45) is 0.930. The van der Waals surface area contributed by atoms with Crippen LogP contribution in [0.2, 0.25) is 0 Å². The van der Waals surface area contributed by atoms with Gasteiger partial charge in [-0.2, -0.15) is 0 Å². The summed E-state index contributed by atoms with van der Waals surface area (Å²) in [5, 5.41) is 0. The van der Waals surface area contributed by atoms with Crippen LogP contribution in [0.4, 0.5) is 0 Å². The number of thiophene rings is 1. The normalized spacial score (nSPS) is 14.0. The van der Waals surface area contributed by atoms with Crippen molar-refractivity contribution in [3.05, 3.63) is 129 Å². The highest BCUT2D eigenvalue weighted by molar-refractivity contribution is 9.10. The number of halogens is 1. The molecule has 0 bridgehead atoms. The Morgan fingerprint density at radius 3 is 1.91 bits per heavy atom. The standard InChI is InChI=1S/C30H17BrOS/c31-19-10-13-24-23-12-9-18(29-14-11-20(17-32)33-29)15-27(23)30(28(24)16-19)25-7-3-1-5-21(25)22-6-2-4-8-26(22)30/h1-17H. The summed E-state index contributed by atoms with van der Waals surface area (Å²) in [5.74, 6) is 0. The Morgan fingerprint density at radius 1 is 0.636 bits per heavy atom. The monoisotopic (exact) mass is 504 g/mol. The van der Waals surface area contributed by atoms with E-state index in [2.05, 4.69) is 107 Å². The molecule has 1 spiro atoms. The number of rotatable bonds is 2. The van der Waals surface area contributed by atoms with Gasteiger partial charge in [-0.05, 0) is 80.4 Å². The van der Waals surface area contributed by atoms with Crippen LogP contribution in [0, 0.1) is 0 Å². The highest BCUT2D eigenvalue weighted by Crippen LogP contribution is 2.63. The summed E-state index contributed by atoms with van der Waals surface area (Å²) >= 11 is 5.29. The lowest BCUT2D eigenvalue weighted by Gasteiger charge is -2.30. The summed E-state index contributed by atoms with van der Waals surface area (Å²) in [6, 6.07) is 35.1. The molecule has 0 atom stereocenters. The molecule has 7 rings (SSSR count). The van der Waals surface area contributed by atoms with Crippen LogP contribution < -0.4 is 0 Å². The molecule has 3 heteroatoms. The molecule has 33 heavy (non-hydrogen) atoms. The van der Waals surface area contributed by atoms with Crippen molar-refractivity contribution in [1.82, 2.24) is 0 Å². The minimum atomic E-state index is -0.359. The second kappa shape index (κ2) is 6.86. The third-order valence-corrected chi connectivity index (χ3v) is 8.63. The van der Waals surface area contributed by atoms with Crippen LogP contribution in [0.3, 0.4) is 0 Å². The molecule has 0 N–H and O–H groups in total. The van der Waals surface area contributed by atoms with Crippen LogP contribution in [0.5, 0.6) is 0 Å². The van der Waals surface area contributed by atoms with Crippen molar-refractivity contribution in [1.29, 1.82) is 0 Å². The first-order chi connectivity index (χ1) is 16.2. The topological polar surface area (TPSA) is 17.1 Å². The highest BCUT2D eigenvalue weighted by Gasteiger charge is 2.51. The van der Waals surface area contributed by atoms with Gasteiger partial charge in [-0.25, -0.2) is 0 Å². The smallest absolute Gasteiger partial charge is 0.160 e. The van der Waals surface area contributed by atoms with Crippen LogP contribution in [0.1, 0.15) is 31.9 Å². The predicted octanol–water partition coefficient (Wildman–Crippen LogP) is 8.33. The largest absolute Gasteiger partial charge is 0.297 e. The van der Waals surface area contributed by atoms with E-state index in [0.717, 1.165) is 26.1 Å². The van der Waals surface area contributed by atoms with Crippen molar-refractivity contribution >= 4 is 33.6 Å². The van der Waals surface area contributed by atoms with Gasteiger partial charge in [0.25, 0.3) is 0 Å². The van der Waals surface area contributed by atoms with E-state index in [-0.39, 0.29) is 5.41 Å². The molecule has 4 aromatic carbocycles. The summed E-state index contributed by atoms with van der Waals surface area (Å²) in [5.41, 5.74) is 11.3. The van der Waals surface area contributed by atoms with Gasteiger partial charge >= 0.3 is 0 Å². The van der Waals surface area contributed by atoms with Crippen LogP contribution in [-0.4, -0.2) is 6.29 Å². The van der Waals surface area contributed by atoms with E-state index in [9.17, 15) is 4.79 Å². The second-order valence-corrected chi connectivity index (χ2v) is 10.6. The van der Waals surface area contributed by atoms with E-state index in [1.807, 2.05) is 6.07 Å². The van der Waals surface area contributed by atoms with Gasteiger partial charge in [0.15, 0.2) is 6.29 Å². The van der Waals surface area contributed by atoms with Crippen molar-refractivity contribution in [3.63, 3.8) is 0 Å². The van der Waals surface area contributed by atoms with Gasteiger partial charge in [-0.15, -0.1) is 11.3 Å². The molecule has 0 fully saturated rings. The summed E-state index contributed by atoms with van der Waals surface area (Å²) in [4.78, 5) is 13.2. The lowest BCUT2D eigenvalue weighted by atomic mass is 9.70. The third kappa shape index (κ3) is 2.44. The minimum Gasteiger partial charge on any atom is -0.297 e. The Labute approximate surface area is 204 Å². The number of hydrogen-bond acceptors (Lipinski definition) is 2. The first-order valence-corrected chi connectivity index (χ1v) is 12.5. The van der Waals surface area contributed by atoms with E-state index in [1.165, 1.54) is 44.5 Å². The fourth-order valence-electron chi connectivity index (χ4n) is 5.84. The van der Waals surface area contributed by atoms with Crippen molar-refractivity contribution in [2.24, 2.45) is 0 Å². The van der Waals surface area contributed by atoms with Gasteiger partial charge in [-0.3, -0.25) is 4.79 Å². The fourth-order valence-corrected chi connectivity index (χ4v) is 7.02. The van der Waals surface area contributed by atoms with Crippen LogP contribution in [0.15, 0.2) is 102 Å². The molecule has 2 aliphatic rings. The molecule has 0 unspecified atom stereocenters. The lowest BCUT2D eigenvalue weighted by Crippen LogP contribution is -2.25. The number of aldehydes is 1. The molecule has 1 aromatic heterocycles. The van der Waals surface area contributed by atoms with Crippen molar-refractivity contribution in [3.8, 4) is 32.7 Å². The first-order valence-electron chi connectivity index (χ1n) is 10.9. The summed E-state index contributed by atoms with van der Waals surface area (Å²) in [6.45, 7) is 0. The Morgan fingerprint density at radius 2 is 1.24 bits per heavy atom. The van der Waals surface area contributed by atoms with Gasteiger partial charge in [0, 0.05) is 9.35 Å². The summed E-state index contributed by atoms with van der Waals surface area (Å²) in [7, 11) is 0. The highest BCUT2D eigenvalue weighted by atomic mass is 79.9. The number of carbonyl (C=O) groups is 1. The zero-order valence-electron chi connectivity index (χ0n) is 17.5. The minimum absolute atomic E-state index is 0.359. The third-order valence-electron chi connectivity index (χ3n) is 7.08. The average molecular weight is 505 g/mol. The SMILES string of the molecule is O=Cc1ccc(-c2ccc3c(c2)C2(c4ccccc4-c4ccccc42)c2cc(Br)ccc2-3)s1. The second-order valence-electron chi connectivity index (χ2n) is 8.61. The van der Waals surface area contributed by atoms with Gasteiger partial charge in [0.1, 0.15) is 0 Å². The Hall–Kier alpha value is -3.27. The van der Waals surface area contributed by atoms with E-state index < -0.39 is 0 Å². The fraction of sp³-hybridized carbons (Fsp3) is 0.0333. The lowest BCUT2D eigenvalue weighted by molar-refractivity contribution is 0.112. The molecule has 0 amide bonds. The molecule has 156 valence electrons. The zero-order chi connectivity index (χ0) is 22.2. The van der Waals surface area contributed by atoms with Crippen LogP contribution in [0.25, 0.3) is 32.7 Å². The summed E-state index contributed by atoms with van der Waals surface area (Å²) < 4.78 is 1.09. The molecule has 1 nitrogen and oxygen atoms in total. The van der Waals surface area contributed by atoms with E-state index in [4.69, 9.17) is 0 Å². The Kier molecular flexibility index (Phi) is 4.00. The molecular formula is C30H17BrOS. The molecule has 0 radical (unpaired) electrons. The van der Waals surface area contributed by atoms with Gasteiger partial charge < -0.3 is 0 Å². The quantitative estimate of drug-likeness (QED) is 0.216. The molecule has 0 saturated carbocycles. The molecule has 5 aromatic rings. The maximum atomic E-state index is 11.3. The van der Waals surface area contributed by atoms with Crippen LogP contribution >= 0.6 is 27.3 Å². The number of hydrogen-bond donors (Lipinski definition) is 0. The van der Waals surface area contributed by atoms with Gasteiger partial charge in [0.2, 0.25) is 0 Å². The van der Waals surface area contributed by atoms with Crippen molar-refractivity contribution in [2.45, 2.75) is 5.41 Å². The van der Waals surface area contributed by atoms with Crippen molar-refractivity contribution in [2.75, 3.05) is 0 Å². The predicted molar refractivity (Wildman–Crippen MR) is 139 cm³/mol. The van der Waals surface area contributed by atoms with E-state index >= 15 is 0 Å². The average Bonchev–Trinajstić information content (AvgIpc) is 3.53. The van der Waals surface area contributed by atoms with Crippen molar-refractivity contribution < 1.29 is 4.79 Å². The maximum Gasteiger partial charge on any atom is 0.160 e. The molecular weight excluding hydrogens is 488 g/mol. The van der Waals surface area contributed by atoms with Gasteiger partial charge in [-0.1, -0.05) is 82.7 Å². The van der Waals surface area contributed by atoms with Crippen LogP contribution in [-0.2, 0) is 5.41 Å². The van der Waals surface area contributed by atoms with E-state index in [1.54, 1.807) is 11.3 Å². The Balaban J connectivity index is 1.62. The maximum absolute atomic E-state index is 11.3. The van der Waals surface area contributed by atoms with E-state index in [0.29, 0.717) is 0 Å². The van der Waals surface area contributed by atoms with Gasteiger partial charge in [0.05, 0.1) is 10.3 Å². The molecule has 2 aliphatic carbocycles. The Bertz CT molecular complexity index is 1560.